The van der Waals surface area contributed by atoms with Crippen LogP contribution in [0.1, 0.15) is 31.2 Å². The molecule has 0 aromatic heterocycles. The molecule has 0 saturated carbocycles. The first kappa shape index (κ1) is 12.7. The first-order chi connectivity index (χ1) is 7.75. The summed E-state index contributed by atoms with van der Waals surface area (Å²) < 4.78 is 0. The molecule has 2 atom stereocenters. The highest BCUT2D eigenvalue weighted by atomic mass is 35.5. The van der Waals surface area contributed by atoms with E-state index < -0.39 is 0 Å². The first-order valence-corrected chi connectivity index (χ1v) is 6.35. The molecule has 0 radical (unpaired) electrons. The topological polar surface area (TPSA) is 29.3 Å². The van der Waals surface area contributed by atoms with E-state index >= 15 is 0 Å². The normalized spacial score (nSPS) is 31.2. The number of aryl methyl sites for hydroxylation is 1. The van der Waals surface area contributed by atoms with Gasteiger partial charge < -0.3 is 10.6 Å². The Morgan fingerprint density at radius 2 is 1.71 bits per heavy atom. The largest absolute Gasteiger partial charge is 0.365 e. The van der Waals surface area contributed by atoms with Gasteiger partial charge >= 0.3 is 0 Å². The molecule has 0 aliphatic carbocycles. The van der Waals surface area contributed by atoms with Crippen LogP contribution >= 0.6 is 12.4 Å². The lowest BCUT2D eigenvalue weighted by atomic mass is 9.96. The lowest BCUT2D eigenvalue weighted by Gasteiger charge is -2.40. The minimum absolute atomic E-state index is 0. The SMILES string of the molecule is Cc1ccccc1N1C2CCC1CC(N)C2.Cl. The summed E-state index contributed by atoms with van der Waals surface area (Å²) in [7, 11) is 0. The second kappa shape index (κ2) is 4.87. The van der Waals surface area contributed by atoms with Gasteiger partial charge in [-0.2, -0.15) is 0 Å². The molecule has 3 heteroatoms. The van der Waals surface area contributed by atoms with E-state index in [2.05, 4.69) is 36.1 Å². The molecular formula is C14H21ClN2. The Morgan fingerprint density at radius 3 is 2.29 bits per heavy atom. The summed E-state index contributed by atoms with van der Waals surface area (Å²) >= 11 is 0. The maximum Gasteiger partial charge on any atom is 0.0400 e. The fraction of sp³-hybridized carbons (Fsp3) is 0.571. The number of rotatable bonds is 1. The van der Waals surface area contributed by atoms with Gasteiger partial charge in [0.1, 0.15) is 0 Å². The van der Waals surface area contributed by atoms with Crippen LogP contribution in [0, 0.1) is 6.92 Å². The van der Waals surface area contributed by atoms with Crippen molar-refractivity contribution in [2.75, 3.05) is 4.90 Å². The van der Waals surface area contributed by atoms with Crippen LogP contribution in [-0.4, -0.2) is 18.1 Å². The number of hydrogen-bond acceptors (Lipinski definition) is 2. The van der Waals surface area contributed by atoms with Crippen molar-refractivity contribution in [3.63, 3.8) is 0 Å². The summed E-state index contributed by atoms with van der Waals surface area (Å²) in [6.45, 7) is 2.21. The van der Waals surface area contributed by atoms with Gasteiger partial charge in [0.05, 0.1) is 0 Å². The molecular weight excluding hydrogens is 232 g/mol. The van der Waals surface area contributed by atoms with E-state index in [1.807, 2.05) is 0 Å². The third-order valence-electron chi connectivity index (χ3n) is 4.16. The Bertz CT molecular complexity index is 380. The minimum atomic E-state index is 0. The summed E-state index contributed by atoms with van der Waals surface area (Å²) in [6, 6.07) is 10.6. The summed E-state index contributed by atoms with van der Waals surface area (Å²) in [6.07, 6.45) is 5.00. The maximum atomic E-state index is 6.11. The van der Waals surface area contributed by atoms with Crippen LogP contribution in [0.5, 0.6) is 0 Å². The first-order valence-electron chi connectivity index (χ1n) is 6.35. The fourth-order valence-electron chi connectivity index (χ4n) is 3.47. The molecule has 3 rings (SSSR count). The fourth-order valence-corrected chi connectivity index (χ4v) is 3.47. The zero-order valence-corrected chi connectivity index (χ0v) is 11.1. The smallest absolute Gasteiger partial charge is 0.0400 e. The van der Waals surface area contributed by atoms with Gasteiger partial charge in [0.25, 0.3) is 0 Å². The minimum Gasteiger partial charge on any atom is -0.365 e. The molecule has 2 bridgehead atoms. The monoisotopic (exact) mass is 252 g/mol. The Kier molecular flexibility index (Phi) is 3.64. The zero-order valence-electron chi connectivity index (χ0n) is 10.3. The number of halogens is 1. The molecule has 2 unspecified atom stereocenters. The van der Waals surface area contributed by atoms with Crippen molar-refractivity contribution in [3.8, 4) is 0 Å². The predicted molar refractivity (Wildman–Crippen MR) is 74.9 cm³/mol. The van der Waals surface area contributed by atoms with E-state index in [1.165, 1.54) is 36.9 Å². The number of nitrogens with two attached hydrogens (primary N) is 1. The Hall–Kier alpha value is -0.730. The van der Waals surface area contributed by atoms with Crippen LogP contribution in [0.2, 0.25) is 0 Å². The van der Waals surface area contributed by atoms with Gasteiger partial charge in [0.2, 0.25) is 0 Å². The lowest BCUT2D eigenvalue weighted by Crippen LogP contribution is -2.47. The molecule has 2 fully saturated rings. The summed E-state index contributed by atoms with van der Waals surface area (Å²) in [5.74, 6) is 0. The van der Waals surface area contributed by atoms with Crippen LogP contribution < -0.4 is 10.6 Å². The van der Waals surface area contributed by atoms with Gasteiger partial charge in [-0.05, 0) is 44.2 Å². The van der Waals surface area contributed by atoms with E-state index in [0.29, 0.717) is 18.1 Å². The number of nitrogens with zero attached hydrogens (tertiary/aromatic N) is 1. The molecule has 1 aromatic rings. The molecule has 17 heavy (non-hydrogen) atoms. The molecule has 1 aromatic carbocycles. The summed E-state index contributed by atoms with van der Waals surface area (Å²) in [5.41, 5.74) is 8.94. The summed E-state index contributed by atoms with van der Waals surface area (Å²) in [4.78, 5) is 2.64. The van der Waals surface area contributed by atoms with Gasteiger partial charge in [-0.1, -0.05) is 18.2 Å². The number of piperidine rings is 1. The zero-order chi connectivity index (χ0) is 11.1. The van der Waals surface area contributed by atoms with Gasteiger partial charge in [-0.25, -0.2) is 0 Å². The second-order valence-electron chi connectivity index (χ2n) is 5.31. The third kappa shape index (κ3) is 2.16. The van der Waals surface area contributed by atoms with E-state index in [0.717, 1.165) is 0 Å². The van der Waals surface area contributed by atoms with Crippen molar-refractivity contribution in [1.82, 2.24) is 0 Å². The molecule has 2 N–H and O–H groups in total. The van der Waals surface area contributed by atoms with E-state index in [1.54, 1.807) is 0 Å². The van der Waals surface area contributed by atoms with Crippen molar-refractivity contribution in [2.45, 2.75) is 50.7 Å². The molecule has 0 spiro atoms. The van der Waals surface area contributed by atoms with Crippen LogP contribution in [0.15, 0.2) is 24.3 Å². The molecule has 2 aliphatic rings. The van der Waals surface area contributed by atoms with Gasteiger partial charge in [0, 0.05) is 23.8 Å². The molecule has 2 heterocycles. The maximum absolute atomic E-state index is 6.11. The van der Waals surface area contributed by atoms with Gasteiger partial charge in [0.15, 0.2) is 0 Å². The number of anilines is 1. The van der Waals surface area contributed by atoms with Crippen molar-refractivity contribution in [2.24, 2.45) is 5.73 Å². The Morgan fingerprint density at radius 1 is 1.12 bits per heavy atom. The van der Waals surface area contributed by atoms with Crippen LogP contribution in [0.4, 0.5) is 5.69 Å². The standard InChI is InChI=1S/C14H20N2.ClH/c1-10-4-2-3-5-14(10)16-12-6-7-13(16)9-11(15)8-12;/h2-5,11-13H,6-9,15H2,1H3;1H. The van der Waals surface area contributed by atoms with Crippen LogP contribution in [-0.2, 0) is 0 Å². The van der Waals surface area contributed by atoms with E-state index in [4.69, 9.17) is 5.73 Å². The van der Waals surface area contributed by atoms with Crippen molar-refractivity contribution >= 4 is 18.1 Å². The Balaban J connectivity index is 0.00000108. The van der Waals surface area contributed by atoms with Gasteiger partial charge in [-0.15, -0.1) is 12.4 Å². The predicted octanol–water partition coefficient (Wildman–Crippen LogP) is 2.88. The number of fused-ring (bicyclic) bond motifs is 2. The number of hydrogen-bond donors (Lipinski definition) is 1. The average Bonchev–Trinajstić information content (AvgIpc) is 2.53. The second-order valence-corrected chi connectivity index (χ2v) is 5.31. The molecule has 2 aliphatic heterocycles. The summed E-state index contributed by atoms with van der Waals surface area (Å²) in [5, 5.41) is 0. The van der Waals surface area contributed by atoms with Crippen molar-refractivity contribution in [3.05, 3.63) is 29.8 Å². The molecule has 2 nitrogen and oxygen atoms in total. The highest BCUT2D eigenvalue weighted by molar-refractivity contribution is 5.85. The molecule has 94 valence electrons. The van der Waals surface area contributed by atoms with Crippen molar-refractivity contribution < 1.29 is 0 Å². The van der Waals surface area contributed by atoms with Crippen LogP contribution in [0.25, 0.3) is 0 Å². The van der Waals surface area contributed by atoms with E-state index in [9.17, 15) is 0 Å². The van der Waals surface area contributed by atoms with Crippen molar-refractivity contribution in [1.29, 1.82) is 0 Å². The molecule has 2 saturated heterocycles. The number of para-hydroxylation sites is 1. The highest BCUT2D eigenvalue weighted by Crippen LogP contribution is 2.39. The lowest BCUT2D eigenvalue weighted by molar-refractivity contribution is 0.414. The number of benzene rings is 1. The van der Waals surface area contributed by atoms with Crippen LogP contribution in [0.3, 0.4) is 0 Å². The average molecular weight is 253 g/mol. The van der Waals surface area contributed by atoms with Gasteiger partial charge in [-0.3, -0.25) is 0 Å². The van der Waals surface area contributed by atoms with E-state index in [-0.39, 0.29) is 12.4 Å². The molecule has 0 amide bonds. The highest BCUT2D eigenvalue weighted by Gasteiger charge is 2.39. The third-order valence-corrected chi connectivity index (χ3v) is 4.16. The Labute approximate surface area is 110 Å². The quantitative estimate of drug-likeness (QED) is 0.833.